The van der Waals surface area contributed by atoms with Crippen molar-refractivity contribution in [2.45, 2.75) is 51.2 Å². The van der Waals surface area contributed by atoms with Crippen molar-refractivity contribution in [1.29, 1.82) is 0 Å². The summed E-state index contributed by atoms with van der Waals surface area (Å²) in [5.41, 5.74) is 3.76. The first-order chi connectivity index (χ1) is 13.1. The molecule has 2 aromatic rings. The summed E-state index contributed by atoms with van der Waals surface area (Å²) in [7, 11) is -3.60. The highest BCUT2D eigenvalue weighted by Gasteiger charge is 2.34. The Labute approximate surface area is 166 Å². The van der Waals surface area contributed by atoms with Crippen molar-refractivity contribution in [3.05, 3.63) is 35.5 Å². The number of nitrogens with one attached hydrogen (secondary N) is 1. The molecule has 0 atom stereocenters. The molecule has 0 fully saturated rings. The van der Waals surface area contributed by atoms with E-state index >= 15 is 0 Å². The van der Waals surface area contributed by atoms with Crippen LogP contribution in [0.1, 0.15) is 41.5 Å². The number of pyridine rings is 1. The highest BCUT2D eigenvalue weighted by molar-refractivity contribution is 7.92. The Bertz CT molecular complexity index is 1090. The summed E-state index contributed by atoms with van der Waals surface area (Å²) < 4.78 is 31.1. The van der Waals surface area contributed by atoms with E-state index in [0.717, 1.165) is 17.1 Å². The van der Waals surface area contributed by atoms with Crippen molar-refractivity contribution < 1.29 is 13.2 Å². The maximum atomic E-state index is 13.2. The number of amidine groups is 1. The van der Waals surface area contributed by atoms with Gasteiger partial charge in [-0.1, -0.05) is 0 Å². The Morgan fingerprint density at radius 3 is 2.50 bits per heavy atom. The molecule has 28 heavy (non-hydrogen) atoms. The van der Waals surface area contributed by atoms with E-state index in [1.165, 1.54) is 5.57 Å². The molecule has 1 aliphatic heterocycles. The molecule has 0 radical (unpaired) electrons. The molecule has 7 heteroatoms. The van der Waals surface area contributed by atoms with Gasteiger partial charge in [-0.05, 0) is 64.8 Å². The lowest BCUT2D eigenvalue weighted by atomic mass is 10.1. The van der Waals surface area contributed by atoms with Crippen LogP contribution in [0.15, 0.2) is 45.4 Å². The van der Waals surface area contributed by atoms with Gasteiger partial charge < -0.3 is 10.1 Å². The molecular formula is C21H27N3O3S. The lowest BCUT2D eigenvalue weighted by Crippen LogP contribution is -2.28. The quantitative estimate of drug-likeness (QED) is 0.823. The molecular weight excluding hydrogens is 374 g/mol. The Morgan fingerprint density at radius 2 is 1.93 bits per heavy atom. The molecule has 150 valence electrons. The fraction of sp³-hybridized carbons (Fsp3) is 0.429. The van der Waals surface area contributed by atoms with Gasteiger partial charge in [0, 0.05) is 17.6 Å². The molecule has 6 nitrogen and oxygen atoms in total. The van der Waals surface area contributed by atoms with Crippen LogP contribution in [0.4, 0.5) is 5.69 Å². The van der Waals surface area contributed by atoms with Gasteiger partial charge in [0.15, 0.2) is 9.84 Å². The Morgan fingerprint density at radius 1 is 1.21 bits per heavy atom. The number of anilines is 1. The summed E-state index contributed by atoms with van der Waals surface area (Å²) in [4.78, 5) is 9.12. The maximum Gasteiger partial charge on any atom is 0.186 e. The molecule has 0 bridgehead atoms. The number of hydrogen-bond donors (Lipinski definition) is 1. The number of nitrogens with zero attached hydrogens (tertiary/aromatic N) is 2. The second kappa shape index (κ2) is 7.20. The lowest BCUT2D eigenvalue weighted by molar-refractivity contribution is 0.331. The smallest absolute Gasteiger partial charge is 0.186 e. The highest BCUT2D eigenvalue weighted by Crippen LogP contribution is 2.37. The predicted octanol–water partition coefficient (Wildman–Crippen LogP) is 4.37. The monoisotopic (exact) mass is 401 g/mol. The second-order valence-electron chi connectivity index (χ2n) is 7.92. The van der Waals surface area contributed by atoms with Crippen LogP contribution in [-0.4, -0.2) is 37.1 Å². The van der Waals surface area contributed by atoms with E-state index in [2.05, 4.69) is 22.2 Å². The Hall–Kier alpha value is -2.41. The van der Waals surface area contributed by atoms with E-state index in [1.54, 1.807) is 39.1 Å². The van der Waals surface area contributed by atoms with Crippen LogP contribution in [0.5, 0.6) is 5.75 Å². The van der Waals surface area contributed by atoms with Gasteiger partial charge >= 0.3 is 0 Å². The average molecular weight is 402 g/mol. The number of benzene rings is 1. The van der Waals surface area contributed by atoms with E-state index in [1.807, 2.05) is 19.9 Å². The van der Waals surface area contributed by atoms with E-state index in [-0.39, 0.29) is 4.90 Å². The molecule has 0 amide bonds. The van der Waals surface area contributed by atoms with Crippen molar-refractivity contribution in [1.82, 2.24) is 4.98 Å². The van der Waals surface area contributed by atoms with Gasteiger partial charge in [0.05, 0.1) is 29.1 Å². The van der Waals surface area contributed by atoms with Gasteiger partial charge in [-0.25, -0.2) is 8.42 Å². The molecule has 2 heterocycles. The largest absolute Gasteiger partial charge is 0.492 e. The Kier molecular flexibility index (Phi) is 5.23. The standard InChI is InChI=1S/C21H27N3O3S/c1-7-27-18-11-17-15(10-19(18)28(25,26)21(4,5)6)16(8-9-22-17)24-20-14(3)13(2)12-23-20/h8-11H,7,12H2,1-6H3,(H,22,23,24). The topological polar surface area (TPSA) is 80.7 Å². The molecule has 1 aromatic carbocycles. The number of aliphatic imine (C=N–C) groups is 1. The van der Waals surface area contributed by atoms with Gasteiger partial charge in [-0.3, -0.25) is 9.98 Å². The van der Waals surface area contributed by atoms with Gasteiger partial charge in [0.25, 0.3) is 0 Å². The molecule has 0 saturated heterocycles. The van der Waals surface area contributed by atoms with E-state index < -0.39 is 14.6 Å². The van der Waals surface area contributed by atoms with Crippen LogP contribution < -0.4 is 10.1 Å². The summed E-state index contributed by atoms with van der Waals surface area (Å²) in [5, 5.41) is 4.07. The average Bonchev–Trinajstić information content (AvgIpc) is 2.93. The number of rotatable bonds is 4. The third-order valence-electron chi connectivity index (χ3n) is 4.93. The normalized spacial score (nSPS) is 15.1. The first-order valence-electron chi connectivity index (χ1n) is 9.34. The number of ether oxygens (including phenoxy) is 1. The molecule has 0 spiro atoms. The summed E-state index contributed by atoms with van der Waals surface area (Å²) >= 11 is 0. The van der Waals surface area contributed by atoms with Gasteiger partial charge in [0.2, 0.25) is 0 Å². The zero-order valence-electron chi connectivity index (χ0n) is 17.3. The van der Waals surface area contributed by atoms with Crippen LogP contribution in [-0.2, 0) is 9.84 Å². The first kappa shape index (κ1) is 20.3. The molecule has 0 unspecified atom stereocenters. The SMILES string of the molecule is CCOc1cc2nccc(NC3=NCC(C)=C3C)c2cc1S(=O)(=O)C(C)(C)C. The minimum absolute atomic E-state index is 0.183. The van der Waals surface area contributed by atoms with Gasteiger partial charge in [-0.15, -0.1) is 0 Å². The number of sulfone groups is 1. The zero-order valence-corrected chi connectivity index (χ0v) is 18.1. The van der Waals surface area contributed by atoms with E-state index in [9.17, 15) is 8.42 Å². The molecule has 1 aliphatic rings. The van der Waals surface area contributed by atoms with Crippen LogP contribution in [0.2, 0.25) is 0 Å². The van der Waals surface area contributed by atoms with E-state index in [0.29, 0.717) is 29.8 Å². The predicted molar refractivity (Wildman–Crippen MR) is 114 cm³/mol. The molecule has 1 aromatic heterocycles. The zero-order chi connectivity index (χ0) is 20.7. The number of fused-ring (bicyclic) bond motifs is 1. The first-order valence-corrected chi connectivity index (χ1v) is 10.8. The van der Waals surface area contributed by atoms with Crippen LogP contribution >= 0.6 is 0 Å². The fourth-order valence-electron chi connectivity index (χ4n) is 2.97. The van der Waals surface area contributed by atoms with Crippen molar-refractivity contribution in [3.8, 4) is 5.75 Å². The van der Waals surface area contributed by atoms with Crippen molar-refractivity contribution >= 4 is 32.3 Å². The maximum absolute atomic E-state index is 13.2. The third-order valence-corrected chi connectivity index (χ3v) is 7.44. The highest BCUT2D eigenvalue weighted by atomic mass is 32.2. The van der Waals surface area contributed by atoms with Crippen LogP contribution in [0, 0.1) is 0 Å². The number of hydrogen-bond acceptors (Lipinski definition) is 6. The molecule has 0 saturated carbocycles. The molecule has 1 N–H and O–H groups in total. The van der Waals surface area contributed by atoms with Crippen molar-refractivity contribution in [2.75, 3.05) is 18.5 Å². The summed E-state index contributed by atoms with van der Waals surface area (Å²) in [6.07, 6.45) is 1.69. The van der Waals surface area contributed by atoms with Crippen molar-refractivity contribution in [2.24, 2.45) is 4.99 Å². The minimum atomic E-state index is -3.60. The molecule has 0 aliphatic carbocycles. The fourth-order valence-corrected chi connectivity index (χ4v) is 4.28. The van der Waals surface area contributed by atoms with Gasteiger partial charge in [-0.2, -0.15) is 0 Å². The number of aromatic nitrogens is 1. The van der Waals surface area contributed by atoms with Gasteiger partial charge in [0.1, 0.15) is 16.5 Å². The summed E-state index contributed by atoms with van der Waals surface area (Å²) in [6.45, 7) is 12.0. The van der Waals surface area contributed by atoms with Crippen molar-refractivity contribution in [3.63, 3.8) is 0 Å². The third kappa shape index (κ3) is 3.51. The minimum Gasteiger partial charge on any atom is -0.492 e. The Balaban J connectivity index is 2.20. The molecule has 3 rings (SSSR count). The summed E-state index contributed by atoms with van der Waals surface area (Å²) in [5.74, 6) is 1.14. The van der Waals surface area contributed by atoms with Crippen LogP contribution in [0.3, 0.4) is 0 Å². The van der Waals surface area contributed by atoms with Crippen LogP contribution in [0.25, 0.3) is 10.9 Å². The summed E-state index contributed by atoms with van der Waals surface area (Å²) in [6, 6.07) is 5.20. The lowest BCUT2D eigenvalue weighted by Gasteiger charge is -2.22. The second-order valence-corrected chi connectivity index (χ2v) is 10.6. The van der Waals surface area contributed by atoms with E-state index in [4.69, 9.17) is 4.74 Å².